The number of rotatable bonds is 8. The number of hydrogen-bond donors (Lipinski definition) is 1. The summed E-state index contributed by atoms with van der Waals surface area (Å²) in [6.07, 6.45) is 1.09. The van der Waals surface area contributed by atoms with Gasteiger partial charge in [-0.1, -0.05) is 0 Å². The Kier molecular flexibility index (Phi) is 6.34. The summed E-state index contributed by atoms with van der Waals surface area (Å²) < 4.78 is 16.9. The van der Waals surface area contributed by atoms with Crippen LogP contribution >= 0.6 is 0 Å². The molecule has 144 valence electrons. The van der Waals surface area contributed by atoms with E-state index < -0.39 is 11.5 Å². The van der Waals surface area contributed by atoms with Gasteiger partial charge in [0, 0.05) is 12.1 Å². The van der Waals surface area contributed by atoms with Crippen LogP contribution in [0.5, 0.6) is 17.2 Å². The van der Waals surface area contributed by atoms with Crippen molar-refractivity contribution in [1.29, 1.82) is 0 Å². The van der Waals surface area contributed by atoms with Crippen LogP contribution in [0.15, 0.2) is 12.1 Å². The molecule has 1 saturated heterocycles. The Bertz CT molecular complexity index is 647. The largest absolute Gasteiger partial charge is 0.490 e. The lowest BCUT2D eigenvalue weighted by Gasteiger charge is -2.31. The van der Waals surface area contributed by atoms with Crippen LogP contribution in [0, 0.1) is 0 Å². The first-order chi connectivity index (χ1) is 12.4. The second-order valence-corrected chi connectivity index (χ2v) is 6.24. The van der Waals surface area contributed by atoms with E-state index in [1.807, 2.05) is 20.8 Å². The van der Waals surface area contributed by atoms with E-state index in [2.05, 4.69) is 0 Å². The molecule has 1 amide bonds. The molecule has 1 atom stereocenters. The van der Waals surface area contributed by atoms with Crippen molar-refractivity contribution in [3.63, 3.8) is 0 Å². The van der Waals surface area contributed by atoms with Gasteiger partial charge in [0.1, 0.15) is 5.54 Å². The summed E-state index contributed by atoms with van der Waals surface area (Å²) in [5, 5.41) is 9.57. The van der Waals surface area contributed by atoms with Crippen molar-refractivity contribution in [2.45, 2.75) is 46.1 Å². The molecule has 7 heteroatoms. The Labute approximate surface area is 153 Å². The summed E-state index contributed by atoms with van der Waals surface area (Å²) >= 11 is 0. The maximum Gasteiger partial charge on any atom is 0.329 e. The van der Waals surface area contributed by atoms with Gasteiger partial charge in [-0.05, 0) is 52.7 Å². The third-order valence-corrected chi connectivity index (χ3v) is 4.50. The number of carboxylic acids is 1. The standard InChI is InChI=1S/C19H27NO6/c1-5-24-14-11-13(12-15(25-6-2)16(14)26-7-3)17(21)20-10-8-9-19(20,4)18(22)23/h11-12H,5-10H2,1-4H3,(H,22,23). The highest BCUT2D eigenvalue weighted by molar-refractivity contribution is 5.99. The number of carbonyl (C=O) groups excluding carboxylic acids is 1. The van der Waals surface area contributed by atoms with Gasteiger partial charge in [0.25, 0.3) is 5.91 Å². The zero-order chi connectivity index (χ0) is 19.3. The van der Waals surface area contributed by atoms with Gasteiger partial charge < -0.3 is 24.2 Å². The molecular weight excluding hydrogens is 338 g/mol. The first-order valence-electron chi connectivity index (χ1n) is 9.00. The minimum atomic E-state index is -1.20. The molecule has 0 bridgehead atoms. The average Bonchev–Trinajstić information content (AvgIpc) is 3.00. The van der Waals surface area contributed by atoms with Crippen molar-refractivity contribution in [2.75, 3.05) is 26.4 Å². The van der Waals surface area contributed by atoms with Crippen LogP contribution < -0.4 is 14.2 Å². The quantitative estimate of drug-likeness (QED) is 0.762. The molecule has 26 heavy (non-hydrogen) atoms. The Morgan fingerprint density at radius 3 is 2.08 bits per heavy atom. The summed E-state index contributed by atoms with van der Waals surface area (Å²) in [5.74, 6) is -0.0587. The Hall–Kier alpha value is -2.44. The number of likely N-dealkylation sites (tertiary alicyclic amines) is 1. The monoisotopic (exact) mass is 365 g/mol. The molecule has 1 heterocycles. The highest BCUT2D eigenvalue weighted by Gasteiger charge is 2.46. The maximum absolute atomic E-state index is 13.1. The summed E-state index contributed by atoms with van der Waals surface area (Å²) in [6, 6.07) is 3.19. The lowest BCUT2D eigenvalue weighted by Crippen LogP contribution is -2.50. The third kappa shape index (κ3) is 3.71. The number of benzene rings is 1. The van der Waals surface area contributed by atoms with Gasteiger partial charge in [-0.15, -0.1) is 0 Å². The van der Waals surface area contributed by atoms with E-state index in [4.69, 9.17) is 14.2 Å². The van der Waals surface area contributed by atoms with E-state index in [0.29, 0.717) is 62.0 Å². The Morgan fingerprint density at radius 2 is 1.62 bits per heavy atom. The zero-order valence-electron chi connectivity index (χ0n) is 15.8. The van der Waals surface area contributed by atoms with E-state index in [9.17, 15) is 14.7 Å². The van der Waals surface area contributed by atoms with Crippen LogP contribution in [0.4, 0.5) is 0 Å². The molecule has 1 N–H and O–H groups in total. The van der Waals surface area contributed by atoms with Crippen LogP contribution in [0.3, 0.4) is 0 Å². The van der Waals surface area contributed by atoms with Crippen LogP contribution in [0.25, 0.3) is 0 Å². The van der Waals surface area contributed by atoms with Crippen molar-refractivity contribution in [3.05, 3.63) is 17.7 Å². The molecule has 0 spiro atoms. The van der Waals surface area contributed by atoms with Gasteiger partial charge in [0.15, 0.2) is 11.5 Å². The van der Waals surface area contributed by atoms with Crippen LogP contribution in [-0.2, 0) is 4.79 Å². The molecule has 7 nitrogen and oxygen atoms in total. The van der Waals surface area contributed by atoms with Gasteiger partial charge in [-0.3, -0.25) is 4.79 Å². The van der Waals surface area contributed by atoms with Gasteiger partial charge in [0.2, 0.25) is 5.75 Å². The molecule has 0 aromatic heterocycles. The smallest absolute Gasteiger partial charge is 0.329 e. The highest BCUT2D eigenvalue weighted by atomic mass is 16.5. The van der Waals surface area contributed by atoms with Gasteiger partial charge in [-0.25, -0.2) is 4.79 Å². The lowest BCUT2D eigenvalue weighted by molar-refractivity contribution is -0.147. The molecule has 1 aliphatic rings. The summed E-state index contributed by atoms with van der Waals surface area (Å²) in [6.45, 7) is 8.76. The molecule has 1 aromatic carbocycles. The fraction of sp³-hybridized carbons (Fsp3) is 0.579. The molecule has 0 radical (unpaired) electrons. The normalized spacial score (nSPS) is 19.3. The number of aliphatic carboxylic acids is 1. The van der Waals surface area contributed by atoms with Crippen molar-refractivity contribution in [1.82, 2.24) is 4.90 Å². The summed E-state index contributed by atoms with van der Waals surface area (Å²) in [7, 11) is 0. The van der Waals surface area contributed by atoms with Crippen LogP contribution in [0.2, 0.25) is 0 Å². The predicted molar refractivity (Wildman–Crippen MR) is 96.3 cm³/mol. The SMILES string of the molecule is CCOc1cc(C(=O)N2CCCC2(C)C(=O)O)cc(OCC)c1OCC. The summed E-state index contributed by atoms with van der Waals surface area (Å²) in [4.78, 5) is 26.2. The molecule has 1 fully saturated rings. The second-order valence-electron chi connectivity index (χ2n) is 6.24. The molecule has 1 aliphatic heterocycles. The molecule has 1 unspecified atom stereocenters. The van der Waals surface area contributed by atoms with Crippen LogP contribution in [0.1, 0.15) is 50.9 Å². The second kappa shape index (κ2) is 8.29. The molecule has 0 saturated carbocycles. The number of ether oxygens (including phenoxy) is 3. The van der Waals surface area contributed by atoms with Crippen molar-refractivity contribution in [2.24, 2.45) is 0 Å². The molecular formula is C19H27NO6. The van der Waals surface area contributed by atoms with E-state index in [1.165, 1.54) is 4.90 Å². The van der Waals surface area contributed by atoms with E-state index in [1.54, 1.807) is 19.1 Å². The lowest BCUT2D eigenvalue weighted by atomic mass is 9.98. The number of nitrogens with zero attached hydrogens (tertiary/aromatic N) is 1. The zero-order valence-corrected chi connectivity index (χ0v) is 15.8. The van der Waals surface area contributed by atoms with E-state index >= 15 is 0 Å². The molecule has 2 rings (SSSR count). The Morgan fingerprint density at radius 1 is 1.08 bits per heavy atom. The first-order valence-corrected chi connectivity index (χ1v) is 9.00. The van der Waals surface area contributed by atoms with Crippen LogP contribution in [-0.4, -0.2) is 53.8 Å². The average molecular weight is 365 g/mol. The van der Waals surface area contributed by atoms with E-state index in [0.717, 1.165) is 0 Å². The van der Waals surface area contributed by atoms with Gasteiger partial charge in [0.05, 0.1) is 19.8 Å². The van der Waals surface area contributed by atoms with E-state index in [-0.39, 0.29) is 5.91 Å². The third-order valence-electron chi connectivity index (χ3n) is 4.50. The topological polar surface area (TPSA) is 85.3 Å². The number of carboxylic acid groups (broad SMARTS) is 1. The molecule has 1 aromatic rings. The summed E-state index contributed by atoms with van der Waals surface area (Å²) in [5.41, 5.74) is -0.873. The van der Waals surface area contributed by atoms with Crippen molar-refractivity contribution < 1.29 is 28.9 Å². The van der Waals surface area contributed by atoms with Crippen molar-refractivity contribution in [3.8, 4) is 17.2 Å². The minimum absolute atomic E-state index is 0.328. The van der Waals surface area contributed by atoms with Crippen molar-refractivity contribution >= 4 is 11.9 Å². The first kappa shape index (κ1) is 19.9. The fourth-order valence-electron chi connectivity index (χ4n) is 3.18. The number of carbonyl (C=O) groups is 2. The fourth-order valence-corrected chi connectivity index (χ4v) is 3.18. The predicted octanol–water partition coefficient (Wildman–Crippen LogP) is 2.96. The number of hydrogen-bond acceptors (Lipinski definition) is 5. The van der Waals surface area contributed by atoms with Gasteiger partial charge in [-0.2, -0.15) is 0 Å². The highest BCUT2D eigenvalue weighted by Crippen LogP contribution is 2.40. The van der Waals surface area contributed by atoms with Gasteiger partial charge >= 0.3 is 5.97 Å². The Balaban J connectivity index is 2.48. The molecule has 0 aliphatic carbocycles. The minimum Gasteiger partial charge on any atom is -0.490 e. The maximum atomic E-state index is 13.1. The number of amides is 1.